The lowest BCUT2D eigenvalue weighted by Gasteiger charge is -2.30. The molecule has 0 heterocycles. The van der Waals surface area contributed by atoms with E-state index < -0.39 is 0 Å². The van der Waals surface area contributed by atoms with Crippen LogP contribution >= 0.6 is 0 Å². The first-order valence-corrected chi connectivity index (χ1v) is 8.46. The fraction of sp³-hybridized carbons (Fsp3) is 0.667. The van der Waals surface area contributed by atoms with Crippen LogP contribution in [0.1, 0.15) is 52.4 Å². The van der Waals surface area contributed by atoms with Gasteiger partial charge in [-0.05, 0) is 57.0 Å². The zero-order valence-corrected chi connectivity index (χ0v) is 13.4. The molecule has 0 radical (unpaired) electrons. The van der Waals surface area contributed by atoms with E-state index in [9.17, 15) is 0 Å². The first-order valence-electron chi connectivity index (χ1n) is 8.46. The normalized spacial score (nSPS) is 23.1. The van der Waals surface area contributed by atoms with E-state index in [-0.39, 0.29) is 6.10 Å². The van der Waals surface area contributed by atoms with Gasteiger partial charge in [0.25, 0.3) is 0 Å². The Morgan fingerprint density at radius 2 is 1.62 bits per heavy atom. The van der Waals surface area contributed by atoms with Crippen molar-refractivity contribution in [3.63, 3.8) is 0 Å². The molecule has 3 nitrogen and oxygen atoms in total. The van der Waals surface area contributed by atoms with Crippen LogP contribution in [-0.2, 0) is 0 Å². The fourth-order valence-electron chi connectivity index (χ4n) is 3.04. The standard InChI is InChI=1S/C18H29NO2/c1-3-19-17-9-7-5-6-8-10-18(17)21-16-13-11-15(12-14-16)20-4-2/h11-14,17-19H,3-10H2,1-2H3. The molecule has 0 amide bonds. The van der Waals surface area contributed by atoms with E-state index in [1.807, 2.05) is 31.2 Å². The maximum absolute atomic E-state index is 6.27. The predicted molar refractivity (Wildman–Crippen MR) is 87.2 cm³/mol. The van der Waals surface area contributed by atoms with Gasteiger partial charge in [0.1, 0.15) is 17.6 Å². The minimum Gasteiger partial charge on any atom is -0.494 e. The van der Waals surface area contributed by atoms with E-state index in [0.717, 1.165) is 24.5 Å². The Balaban J connectivity index is 1.98. The number of benzene rings is 1. The SMILES string of the molecule is CCNC1CCCCCCC1Oc1ccc(OCC)cc1. The van der Waals surface area contributed by atoms with Gasteiger partial charge in [-0.15, -0.1) is 0 Å². The lowest BCUT2D eigenvalue weighted by Crippen LogP contribution is -2.43. The molecular weight excluding hydrogens is 262 g/mol. The van der Waals surface area contributed by atoms with Crippen molar-refractivity contribution in [2.45, 2.75) is 64.5 Å². The molecule has 2 atom stereocenters. The highest BCUT2D eigenvalue weighted by atomic mass is 16.5. The van der Waals surface area contributed by atoms with E-state index >= 15 is 0 Å². The molecule has 0 saturated heterocycles. The number of likely N-dealkylation sites (N-methyl/N-ethyl adjacent to an activating group) is 1. The fourth-order valence-corrected chi connectivity index (χ4v) is 3.04. The minimum atomic E-state index is 0.281. The molecule has 1 N–H and O–H groups in total. The van der Waals surface area contributed by atoms with Gasteiger partial charge in [0.2, 0.25) is 0 Å². The molecule has 1 aromatic carbocycles. The first-order chi connectivity index (χ1) is 10.3. The van der Waals surface area contributed by atoms with E-state index in [1.54, 1.807) is 0 Å². The van der Waals surface area contributed by atoms with Crippen LogP contribution in [0.2, 0.25) is 0 Å². The maximum Gasteiger partial charge on any atom is 0.120 e. The lowest BCUT2D eigenvalue weighted by molar-refractivity contribution is 0.128. The third kappa shape index (κ3) is 5.24. The van der Waals surface area contributed by atoms with Crippen molar-refractivity contribution in [1.29, 1.82) is 0 Å². The molecule has 1 saturated carbocycles. The summed E-state index contributed by atoms with van der Waals surface area (Å²) in [7, 11) is 0. The molecule has 0 aliphatic heterocycles. The summed E-state index contributed by atoms with van der Waals surface area (Å²) in [4.78, 5) is 0. The predicted octanol–water partition coefficient (Wildman–Crippen LogP) is 4.17. The average Bonchev–Trinajstić information content (AvgIpc) is 2.48. The molecule has 21 heavy (non-hydrogen) atoms. The van der Waals surface area contributed by atoms with Crippen LogP contribution in [-0.4, -0.2) is 25.3 Å². The van der Waals surface area contributed by atoms with E-state index in [1.165, 1.54) is 32.1 Å². The molecule has 0 bridgehead atoms. The van der Waals surface area contributed by atoms with Gasteiger partial charge in [-0.3, -0.25) is 0 Å². The number of hydrogen-bond donors (Lipinski definition) is 1. The molecule has 118 valence electrons. The number of hydrogen-bond acceptors (Lipinski definition) is 3. The Labute approximate surface area is 129 Å². The van der Waals surface area contributed by atoms with Crippen LogP contribution in [0.5, 0.6) is 11.5 Å². The molecule has 0 aromatic heterocycles. The Morgan fingerprint density at radius 3 is 2.29 bits per heavy atom. The summed E-state index contributed by atoms with van der Waals surface area (Å²) < 4.78 is 11.8. The zero-order chi connectivity index (χ0) is 14.9. The van der Waals surface area contributed by atoms with Gasteiger partial charge in [-0.25, -0.2) is 0 Å². The van der Waals surface area contributed by atoms with Gasteiger partial charge in [-0.2, -0.15) is 0 Å². The molecule has 2 rings (SSSR count). The van der Waals surface area contributed by atoms with Crippen molar-refractivity contribution >= 4 is 0 Å². The number of rotatable bonds is 6. The number of ether oxygens (including phenoxy) is 2. The first kappa shape index (κ1) is 16.2. The molecule has 2 unspecified atom stereocenters. The van der Waals surface area contributed by atoms with Crippen molar-refractivity contribution in [2.75, 3.05) is 13.2 Å². The van der Waals surface area contributed by atoms with Gasteiger partial charge in [0.15, 0.2) is 0 Å². The summed E-state index contributed by atoms with van der Waals surface area (Å²) >= 11 is 0. The summed E-state index contributed by atoms with van der Waals surface area (Å²) in [6.45, 7) is 5.88. The Hall–Kier alpha value is -1.22. The van der Waals surface area contributed by atoms with Gasteiger partial charge < -0.3 is 14.8 Å². The molecule has 0 spiro atoms. The Bertz CT molecular complexity index is 391. The summed E-state index contributed by atoms with van der Waals surface area (Å²) in [5, 5.41) is 3.60. The van der Waals surface area contributed by atoms with Crippen molar-refractivity contribution < 1.29 is 9.47 Å². The third-order valence-electron chi connectivity index (χ3n) is 4.09. The highest BCUT2D eigenvalue weighted by Crippen LogP contribution is 2.24. The highest BCUT2D eigenvalue weighted by molar-refractivity contribution is 5.31. The van der Waals surface area contributed by atoms with Gasteiger partial charge in [0.05, 0.1) is 6.61 Å². The number of nitrogens with one attached hydrogen (secondary N) is 1. The second-order valence-corrected chi connectivity index (χ2v) is 5.72. The van der Waals surface area contributed by atoms with Crippen molar-refractivity contribution in [3.8, 4) is 11.5 Å². The second kappa shape index (κ2) is 8.93. The maximum atomic E-state index is 6.27. The lowest BCUT2D eigenvalue weighted by atomic mass is 9.94. The summed E-state index contributed by atoms with van der Waals surface area (Å²) in [5.41, 5.74) is 0. The second-order valence-electron chi connectivity index (χ2n) is 5.72. The van der Waals surface area contributed by atoms with Gasteiger partial charge in [0, 0.05) is 6.04 Å². The van der Waals surface area contributed by atoms with Gasteiger partial charge in [-0.1, -0.05) is 26.2 Å². The van der Waals surface area contributed by atoms with Crippen molar-refractivity contribution in [3.05, 3.63) is 24.3 Å². The van der Waals surface area contributed by atoms with Crippen LogP contribution in [0.25, 0.3) is 0 Å². The van der Waals surface area contributed by atoms with E-state index in [0.29, 0.717) is 12.6 Å². The average molecular weight is 291 g/mol. The Kier molecular flexibility index (Phi) is 6.87. The smallest absolute Gasteiger partial charge is 0.120 e. The van der Waals surface area contributed by atoms with Gasteiger partial charge >= 0.3 is 0 Å². The molecule has 1 fully saturated rings. The topological polar surface area (TPSA) is 30.5 Å². The summed E-state index contributed by atoms with van der Waals surface area (Å²) in [6.07, 6.45) is 7.91. The zero-order valence-electron chi connectivity index (χ0n) is 13.4. The van der Waals surface area contributed by atoms with Crippen LogP contribution < -0.4 is 14.8 Å². The largest absolute Gasteiger partial charge is 0.494 e. The highest BCUT2D eigenvalue weighted by Gasteiger charge is 2.23. The molecular formula is C18H29NO2. The van der Waals surface area contributed by atoms with Crippen molar-refractivity contribution in [2.24, 2.45) is 0 Å². The monoisotopic (exact) mass is 291 g/mol. The van der Waals surface area contributed by atoms with Crippen LogP contribution in [0.4, 0.5) is 0 Å². The van der Waals surface area contributed by atoms with Crippen LogP contribution in [0.3, 0.4) is 0 Å². The van der Waals surface area contributed by atoms with Crippen molar-refractivity contribution in [1.82, 2.24) is 5.32 Å². The molecule has 1 aromatic rings. The molecule has 1 aliphatic rings. The molecule has 3 heteroatoms. The van der Waals surface area contributed by atoms with E-state index in [2.05, 4.69) is 12.2 Å². The minimum absolute atomic E-state index is 0.281. The van der Waals surface area contributed by atoms with Crippen LogP contribution in [0.15, 0.2) is 24.3 Å². The molecule has 1 aliphatic carbocycles. The quantitative estimate of drug-likeness (QED) is 0.853. The summed E-state index contributed by atoms with van der Waals surface area (Å²) in [5.74, 6) is 1.86. The van der Waals surface area contributed by atoms with E-state index in [4.69, 9.17) is 9.47 Å². The Morgan fingerprint density at radius 1 is 0.952 bits per heavy atom. The third-order valence-corrected chi connectivity index (χ3v) is 4.09. The summed E-state index contributed by atoms with van der Waals surface area (Å²) in [6, 6.07) is 8.50. The van der Waals surface area contributed by atoms with Crippen LogP contribution in [0, 0.1) is 0 Å².